The first-order valence-electron chi connectivity index (χ1n) is 6.34. The fraction of sp³-hybridized carbons (Fsp3) is 0.533. The average molecular weight is 341 g/mol. The summed E-state index contributed by atoms with van der Waals surface area (Å²) in [5.41, 5.74) is 2.08. The predicted molar refractivity (Wildman–Crippen MR) is 81.5 cm³/mol. The highest BCUT2D eigenvalue weighted by molar-refractivity contribution is 14.1. The van der Waals surface area contributed by atoms with Crippen LogP contribution in [0, 0.1) is 11.3 Å². The lowest BCUT2D eigenvalue weighted by atomic mass is 9.94. The van der Waals surface area contributed by atoms with Crippen molar-refractivity contribution in [2.45, 2.75) is 44.9 Å². The third-order valence-corrected chi connectivity index (χ3v) is 3.87. The molecule has 0 bridgehead atoms. The first kappa shape index (κ1) is 14.5. The summed E-state index contributed by atoms with van der Waals surface area (Å²) in [4.78, 5) is 0. The van der Waals surface area contributed by atoms with Gasteiger partial charge in [-0.15, -0.1) is 0 Å². The van der Waals surface area contributed by atoms with E-state index in [1.54, 1.807) is 0 Å². The van der Waals surface area contributed by atoms with Gasteiger partial charge in [0.15, 0.2) is 0 Å². The minimum absolute atomic E-state index is 0.572. The van der Waals surface area contributed by atoms with E-state index in [1.165, 1.54) is 42.1 Å². The number of rotatable bonds is 7. The van der Waals surface area contributed by atoms with Crippen LogP contribution in [0.15, 0.2) is 24.3 Å². The summed E-state index contributed by atoms with van der Waals surface area (Å²) in [6, 6.07) is 10.2. The molecule has 0 saturated heterocycles. The molecule has 0 amide bonds. The molecule has 0 fully saturated rings. The Labute approximate surface area is 118 Å². The molecular weight excluding hydrogens is 321 g/mol. The Bertz CT molecular complexity index is 367. The van der Waals surface area contributed by atoms with Crippen molar-refractivity contribution in [1.82, 2.24) is 0 Å². The summed E-state index contributed by atoms with van der Waals surface area (Å²) >= 11 is 2.44. The molecule has 0 aliphatic carbocycles. The second-order valence-corrected chi connectivity index (χ2v) is 5.61. The van der Waals surface area contributed by atoms with Crippen molar-refractivity contribution >= 4 is 22.6 Å². The summed E-state index contributed by atoms with van der Waals surface area (Å²) < 4.78 is 1.28. The van der Waals surface area contributed by atoms with E-state index < -0.39 is 0 Å². The van der Waals surface area contributed by atoms with E-state index in [9.17, 15) is 0 Å². The number of nitrogens with zero attached hydrogens (tertiary/aromatic N) is 1. The van der Waals surface area contributed by atoms with E-state index in [4.69, 9.17) is 5.26 Å². The lowest BCUT2D eigenvalue weighted by Crippen LogP contribution is -1.94. The zero-order chi connectivity index (χ0) is 12.5. The SMILES string of the molecule is CC(CCCCCCI)c1cccc(C#N)c1. The van der Waals surface area contributed by atoms with Crippen molar-refractivity contribution in [3.05, 3.63) is 35.4 Å². The average Bonchev–Trinajstić information content (AvgIpc) is 2.38. The molecule has 2 heteroatoms. The van der Waals surface area contributed by atoms with Gasteiger partial charge in [-0.3, -0.25) is 0 Å². The van der Waals surface area contributed by atoms with E-state index >= 15 is 0 Å². The van der Waals surface area contributed by atoms with Crippen LogP contribution < -0.4 is 0 Å². The van der Waals surface area contributed by atoms with Crippen LogP contribution in [-0.4, -0.2) is 4.43 Å². The predicted octanol–water partition coefficient (Wildman–Crippen LogP) is 5.05. The van der Waals surface area contributed by atoms with Crippen LogP contribution >= 0.6 is 22.6 Å². The molecule has 0 heterocycles. The van der Waals surface area contributed by atoms with Gasteiger partial charge in [-0.1, -0.05) is 60.9 Å². The van der Waals surface area contributed by atoms with Gasteiger partial charge in [0.2, 0.25) is 0 Å². The topological polar surface area (TPSA) is 23.8 Å². The van der Waals surface area contributed by atoms with Crippen LogP contribution in [0.25, 0.3) is 0 Å². The smallest absolute Gasteiger partial charge is 0.0991 e. The van der Waals surface area contributed by atoms with E-state index in [-0.39, 0.29) is 0 Å². The molecule has 0 N–H and O–H groups in total. The number of benzene rings is 1. The van der Waals surface area contributed by atoms with Crippen molar-refractivity contribution in [1.29, 1.82) is 5.26 Å². The minimum atomic E-state index is 0.572. The first-order valence-corrected chi connectivity index (χ1v) is 7.86. The molecule has 1 nitrogen and oxygen atoms in total. The highest BCUT2D eigenvalue weighted by atomic mass is 127. The van der Waals surface area contributed by atoms with Crippen molar-refractivity contribution < 1.29 is 0 Å². The molecule has 1 atom stereocenters. The summed E-state index contributed by atoms with van der Waals surface area (Å²) in [5.74, 6) is 0.572. The second kappa shape index (κ2) is 8.52. The molecule has 0 spiro atoms. The minimum Gasteiger partial charge on any atom is -0.192 e. The summed E-state index contributed by atoms with van der Waals surface area (Å²) in [6.07, 6.45) is 6.57. The Morgan fingerprint density at radius 1 is 1.24 bits per heavy atom. The zero-order valence-corrected chi connectivity index (χ0v) is 12.6. The Balaban J connectivity index is 2.36. The van der Waals surface area contributed by atoms with Gasteiger partial charge in [0.1, 0.15) is 0 Å². The van der Waals surface area contributed by atoms with Gasteiger partial charge in [-0.05, 0) is 40.9 Å². The first-order chi connectivity index (χ1) is 8.27. The van der Waals surface area contributed by atoms with Gasteiger partial charge in [0, 0.05) is 0 Å². The molecule has 0 aliphatic rings. The number of alkyl halides is 1. The van der Waals surface area contributed by atoms with Crippen LogP contribution in [0.4, 0.5) is 0 Å². The number of hydrogen-bond acceptors (Lipinski definition) is 1. The standard InChI is InChI=1S/C15H20IN/c1-13(7-4-2-3-5-10-16)15-9-6-8-14(11-15)12-17/h6,8-9,11,13H,2-5,7,10H2,1H3. The Kier molecular flexibility index (Phi) is 7.27. The number of unbranched alkanes of at least 4 members (excludes halogenated alkanes) is 3. The van der Waals surface area contributed by atoms with E-state index in [0.717, 1.165) is 5.56 Å². The van der Waals surface area contributed by atoms with Gasteiger partial charge in [0.05, 0.1) is 11.6 Å². The lowest BCUT2D eigenvalue weighted by molar-refractivity contribution is 0.582. The summed E-state index contributed by atoms with van der Waals surface area (Å²) in [7, 11) is 0. The molecule has 0 aromatic heterocycles. The third-order valence-electron chi connectivity index (χ3n) is 3.11. The van der Waals surface area contributed by atoms with Crippen molar-refractivity contribution in [2.24, 2.45) is 0 Å². The van der Waals surface area contributed by atoms with Crippen LogP contribution in [0.3, 0.4) is 0 Å². The molecule has 0 radical (unpaired) electrons. The Hall–Kier alpha value is -0.560. The van der Waals surface area contributed by atoms with E-state index in [2.05, 4.69) is 41.7 Å². The number of hydrogen-bond donors (Lipinski definition) is 0. The maximum Gasteiger partial charge on any atom is 0.0991 e. The normalized spacial score (nSPS) is 12.1. The maximum absolute atomic E-state index is 8.87. The molecule has 1 unspecified atom stereocenters. The Morgan fingerprint density at radius 3 is 2.71 bits per heavy atom. The molecule has 17 heavy (non-hydrogen) atoms. The maximum atomic E-state index is 8.87. The second-order valence-electron chi connectivity index (χ2n) is 4.53. The largest absolute Gasteiger partial charge is 0.192 e. The zero-order valence-electron chi connectivity index (χ0n) is 10.5. The highest BCUT2D eigenvalue weighted by Gasteiger charge is 2.05. The van der Waals surface area contributed by atoms with Crippen molar-refractivity contribution in [2.75, 3.05) is 4.43 Å². The van der Waals surface area contributed by atoms with Gasteiger partial charge in [-0.2, -0.15) is 5.26 Å². The molecule has 0 saturated carbocycles. The van der Waals surface area contributed by atoms with Gasteiger partial charge in [0.25, 0.3) is 0 Å². The van der Waals surface area contributed by atoms with Crippen molar-refractivity contribution in [3.8, 4) is 6.07 Å². The van der Waals surface area contributed by atoms with Crippen LogP contribution in [0.5, 0.6) is 0 Å². The van der Waals surface area contributed by atoms with Crippen LogP contribution in [0.2, 0.25) is 0 Å². The van der Waals surface area contributed by atoms with Crippen LogP contribution in [-0.2, 0) is 0 Å². The molecule has 92 valence electrons. The monoisotopic (exact) mass is 341 g/mol. The third kappa shape index (κ3) is 5.54. The van der Waals surface area contributed by atoms with E-state index in [0.29, 0.717) is 5.92 Å². The highest BCUT2D eigenvalue weighted by Crippen LogP contribution is 2.22. The van der Waals surface area contributed by atoms with Gasteiger partial charge >= 0.3 is 0 Å². The molecule has 1 aromatic carbocycles. The number of nitriles is 1. The van der Waals surface area contributed by atoms with E-state index in [1.807, 2.05) is 18.2 Å². The van der Waals surface area contributed by atoms with Crippen LogP contribution in [0.1, 0.15) is 56.1 Å². The quantitative estimate of drug-likeness (QED) is 0.387. The molecule has 1 aromatic rings. The summed E-state index contributed by atoms with van der Waals surface area (Å²) in [5, 5.41) is 8.87. The fourth-order valence-corrected chi connectivity index (χ4v) is 2.52. The fourth-order valence-electron chi connectivity index (χ4n) is 1.98. The molecule has 1 rings (SSSR count). The molecular formula is C15H20IN. The van der Waals surface area contributed by atoms with Gasteiger partial charge in [-0.25, -0.2) is 0 Å². The Morgan fingerprint density at radius 2 is 2.00 bits per heavy atom. The van der Waals surface area contributed by atoms with Crippen molar-refractivity contribution in [3.63, 3.8) is 0 Å². The number of halogens is 1. The summed E-state index contributed by atoms with van der Waals surface area (Å²) in [6.45, 7) is 2.26. The molecule has 0 aliphatic heterocycles. The lowest BCUT2D eigenvalue weighted by Gasteiger charge is -2.11. The van der Waals surface area contributed by atoms with Gasteiger partial charge < -0.3 is 0 Å².